The van der Waals surface area contributed by atoms with Crippen LogP contribution in [0.2, 0.25) is 0 Å². The molecule has 0 bridgehead atoms. The summed E-state index contributed by atoms with van der Waals surface area (Å²) < 4.78 is 11.5. The van der Waals surface area contributed by atoms with Crippen LogP contribution < -0.4 is 14.9 Å². The van der Waals surface area contributed by atoms with Crippen LogP contribution in [0.15, 0.2) is 71.8 Å². The number of methoxy groups -OCH3 is 1. The molecule has 0 radical (unpaired) electrons. The average molecular weight is 360 g/mol. The van der Waals surface area contributed by atoms with E-state index in [1.165, 1.54) is 11.1 Å². The smallest absolute Gasteiger partial charge is 0.170 e. The summed E-state index contributed by atoms with van der Waals surface area (Å²) in [6.07, 6.45) is 1.74. The largest absolute Gasteiger partial charge is 0.493 e. The first-order valence-electron chi connectivity index (χ1n) is 8.87. The second-order valence-corrected chi connectivity index (χ2v) is 6.39. The number of hydrogen-bond donors (Lipinski definition) is 1. The van der Waals surface area contributed by atoms with Crippen molar-refractivity contribution in [3.8, 4) is 11.5 Å². The predicted octanol–water partition coefficient (Wildman–Crippen LogP) is 5.34. The summed E-state index contributed by atoms with van der Waals surface area (Å²) in [5.41, 5.74) is 8.35. The van der Waals surface area contributed by atoms with Gasteiger partial charge in [0.1, 0.15) is 6.61 Å². The molecule has 3 rings (SSSR count). The quantitative estimate of drug-likeness (QED) is 0.457. The van der Waals surface area contributed by atoms with Crippen LogP contribution in [0, 0.1) is 13.8 Å². The Balaban J connectivity index is 1.76. The van der Waals surface area contributed by atoms with E-state index in [1.807, 2.05) is 48.5 Å². The molecule has 0 atom stereocenters. The summed E-state index contributed by atoms with van der Waals surface area (Å²) in [5, 5.41) is 4.34. The van der Waals surface area contributed by atoms with E-state index in [9.17, 15) is 0 Å². The maximum atomic E-state index is 6.07. The molecular weight excluding hydrogens is 336 g/mol. The Labute approximate surface area is 160 Å². The van der Waals surface area contributed by atoms with Gasteiger partial charge >= 0.3 is 0 Å². The summed E-state index contributed by atoms with van der Waals surface area (Å²) in [4.78, 5) is 0. The van der Waals surface area contributed by atoms with Crippen LogP contribution in [0.1, 0.15) is 22.3 Å². The highest BCUT2D eigenvalue weighted by atomic mass is 16.5. The van der Waals surface area contributed by atoms with Crippen molar-refractivity contribution in [2.24, 2.45) is 5.10 Å². The molecule has 1 N–H and O–H groups in total. The molecule has 0 saturated carbocycles. The lowest BCUT2D eigenvalue weighted by atomic mass is 10.1. The third kappa shape index (κ3) is 5.11. The van der Waals surface area contributed by atoms with Crippen molar-refractivity contribution in [1.29, 1.82) is 0 Å². The van der Waals surface area contributed by atoms with Gasteiger partial charge in [0, 0.05) is 5.56 Å². The minimum absolute atomic E-state index is 0.467. The van der Waals surface area contributed by atoms with Crippen molar-refractivity contribution >= 4 is 11.9 Å². The maximum absolute atomic E-state index is 6.07. The molecule has 4 nitrogen and oxygen atoms in total. The molecule has 3 aromatic rings. The van der Waals surface area contributed by atoms with Gasteiger partial charge in [-0.2, -0.15) is 5.10 Å². The van der Waals surface area contributed by atoms with E-state index >= 15 is 0 Å². The van der Waals surface area contributed by atoms with Crippen molar-refractivity contribution < 1.29 is 9.47 Å². The van der Waals surface area contributed by atoms with Crippen molar-refractivity contribution in [1.82, 2.24) is 0 Å². The topological polar surface area (TPSA) is 42.8 Å². The molecular formula is C23H24N2O2. The number of hydrazone groups is 1. The molecule has 4 heteroatoms. The summed E-state index contributed by atoms with van der Waals surface area (Å²) in [6, 6.07) is 22.1. The molecule has 0 aromatic heterocycles. The lowest BCUT2D eigenvalue weighted by Crippen LogP contribution is -2.01. The van der Waals surface area contributed by atoms with Gasteiger partial charge in [-0.25, -0.2) is 0 Å². The Morgan fingerprint density at radius 2 is 1.70 bits per heavy atom. The molecule has 0 fully saturated rings. The number of ether oxygens (including phenoxy) is 2. The van der Waals surface area contributed by atoms with Crippen molar-refractivity contribution in [2.75, 3.05) is 12.5 Å². The first kappa shape index (κ1) is 18.5. The van der Waals surface area contributed by atoms with E-state index in [4.69, 9.17) is 9.47 Å². The highest BCUT2D eigenvalue weighted by Crippen LogP contribution is 2.31. The molecule has 0 amide bonds. The van der Waals surface area contributed by atoms with Gasteiger partial charge in [-0.3, -0.25) is 5.43 Å². The zero-order valence-electron chi connectivity index (χ0n) is 15.9. The van der Waals surface area contributed by atoms with Crippen LogP contribution in [0.4, 0.5) is 5.69 Å². The minimum Gasteiger partial charge on any atom is -0.493 e. The van der Waals surface area contributed by atoms with E-state index in [0.717, 1.165) is 16.8 Å². The zero-order chi connectivity index (χ0) is 19.1. The third-order valence-electron chi connectivity index (χ3n) is 4.14. The van der Waals surface area contributed by atoms with Gasteiger partial charge in [-0.1, -0.05) is 53.6 Å². The summed E-state index contributed by atoms with van der Waals surface area (Å²) in [7, 11) is 1.64. The van der Waals surface area contributed by atoms with Crippen molar-refractivity contribution in [2.45, 2.75) is 20.5 Å². The monoisotopic (exact) mass is 360 g/mol. The highest BCUT2D eigenvalue weighted by Gasteiger charge is 2.09. The fraction of sp³-hybridized carbons (Fsp3) is 0.174. The highest BCUT2D eigenvalue weighted by molar-refractivity contribution is 5.85. The summed E-state index contributed by atoms with van der Waals surface area (Å²) in [5.74, 6) is 1.36. The number of rotatable bonds is 7. The zero-order valence-corrected chi connectivity index (χ0v) is 15.9. The van der Waals surface area contributed by atoms with Crippen molar-refractivity contribution in [3.05, 3.63) is 89.0 Å². The Morgan fingerprint density at radius 3 is 2.44 bits per heavy atom. The van der Waals surface area contributed by atoms with Gasteiger partial charge in [-0.15, -0.1) is 0 Å². The first-order chi connectivity index (χ1) is 13.2. The molecule has 138 valence electrons. The molecule has 0 aliphatic rings. The Morgan fingerprint density at radius 1 is 0.926 bits per heavy atom. The SMILES string of the molecule is COc1cccc(/C=N/Nc2ccc(C)cc2)c1OCc1cccc(C)c1. The number of nitrogens with one attached hydrogen (secondary N) is 1. The van der Waals surface area contributed by atoms with Crippen LogP contribution >= 0.6 is 0 Å². The van der Waals surface area contributed by atoms with Gasteiger partial charge < -0.3 is 9.47 Å². The molecule has 0 saturated heterocycles. The van der Waals surface area contributed by atoms with Crippen LogP contribution in [0.25, 0.3) is 0 Å². The van der Waals surface area contributed by atoms with Gasteiger partial charge in [-0.05, 0) is 43.7 Å². The number of benzene rings is 3. The van der Waals surface area contributed by atoms with Crippen molar-refractivity contribution in [3.63, 3.8) is 0 Å². The number of para-hydroxylation sites is 1. The number of nitrogens with zero attached hydrogens (tertiary/aromatic N) is 1. The number of hydrogen-bond acceptors (Lipinski definition) is 4. The second kappa shape index (κ2) is 8.90. The normalized spacial score (nSPS) is 10.8. The van der Waals surface area contributed by atoms with Crippen LogP contribution in [-0.4, -0.2) is 13.3 Å². The molecule has 0 spiro atoms. The predicted molar refractivity (Wildman–Crippen MR) is 111 cm³/mol. The lowest BCUT2D eigenvalue weighted by Gasteiger charge is -2.13. The third-order valence-corrected chi connectivity index (χ3v) is 4.14. The summed E-state index contributed by atoms with van der Waals surface area (Å²) in [6.45, 7) is 4.59. The minimum atomic E-state index is 0.467. The van der Waals surface area contributed by atoms with Crippen LogP contribution in [0.5, 0.6) is 11.5 Å². The van der Waals surface area contributed by atoms with Gasteiger partial charge in [0.2, 0.25) is 0 Å². The Kier molecular flexibility index (Phi) is 6.10. The molecule has 0 aliphatic heterocycles. The second-order valence-electron chi connectivity index (χ2n) is 6.39. The number of anilines is 1. The molecule has 27 heavy (non-hydrogen) atoms. The standard InChI is InChI=1S/C23H24N2O2/c1-17-10-12-21(13-11-17)25-24-15-20-8-5-9-22(26-3)23(20)27-16-19-7-4-6-18(2)14-19/h4-15,25H,16H2,1-3H3/b24-15+. The Hall–Kier alpha value is -3.27. The maximum Gasteiger partial charge on any atom is 0.170 e. The van der Waals surface area contributed by atoms with E-state index in [0.29, 0.717) is 18.1 Å². The van der Waals surface area contributed by atoms with Gasteiger partial charge in [0.15, 0.2) is 11.5 Å². The van der Waals surface area contributed by atoms with Crippen LogP contribution in [-0.2, 0) is 6.61 Å². The van der Waals surface area contributed by atoms with E-state index < -0.39 is 0 Å². The van der Waals surface area contributed by atoms with Gasteiger partial charge in [0.25, 0.3) is 0 Å². The number of aryl methyl sites for hydroxylation is 2. The molecule has 0 heterocycles. The van der Waals surface area contributed by atoms with Crippen LogP contribution in [0.3, 0.4) is 0 Å². The van der Waals surface area contributed by atoms with E-state index in [1.54, 1.807) is 13.3 Å². The molecule has 3 aromatic carbocycles. The Bertz CT molecular complexity index is 918. The molecule has 0 aliphatic carbocycles. The van der Waals surface area contributed by atoms with E-state index in [-0.39, 0.29) is 0 Å². The fourth-order valence-electron chi connectivity index (χ4n) is 2.71. The average Bonchev–Trinajstić information content (AvgIpc) is 2.68. The van der Waals surface area contributed by atoms with E-state index in [2.05, 4.69) is 42.6 Å². The fourth-order valence-corrected chi connectivity index (χ4v) is 2.71. The summed E-state index contributed by atoms with van der Waals surface area (Å²) >= 11 is 0. The lowest BCUT2D eigenvalue weighted by molar-refractivity contribution is 0.284. The molecule has 0 unspecified atom stereocenters. The first-order valence-corrected chi connectivity index (χ1v) is 8.87. The van der Waals surface area contributed by atoms with Gasteiger partial charge in [0.05, 0.1) is 19.0 Å².